The van der Waals surface area contributed by atoms with Gasteiger partial charge >= 0.3 is 12.0 Å². The first kappa shape index (κ1) is 15.8. The fourth-order valence-corrected chi connectivity index (χ4v) is 2.19. The Morgan fingerprint density at radius 2 is 2.16 bits per heavy atom. The molecule has 0 bridgehead atoms. The summed E-state index contributed by atoms with van der Waals surface area (Å²) in [4.78, 5) is 25.2. The van der Waals surface area contributed by atoms with Gasteiger partial charge in [-0.2, -0.15) is 0 Å². The van der Waals surface area contributed by atoms with Gasteiger partial charge in [-0.15, -0.1) is 0 Å². The Bertz CT molecular complexity index is 348. The van der Waals surface area contributed by atoms with Gasteiger partial charge in [-0.25, -0.2) is 4.79 Å². The van der Waals surface area contributed by atoms with Crippen molar-refractivity contribution in [2.24, 2.45) is 5.41 Å². The molecular formula is C13H24N2O4. The Hall–Kier alpha value is -1.30. The largest absolute Gasteiger partial charge is 0.481 e. The topological polar surface area (TPSA) is 78.9 Å². The fraction of sp³-hybridized carbons (Fsp3) is 0.846. The lowest BCUT2D eigenvalue weighted by molar-refractivity contribution is -0.148. The van der Waals surface area contributed by atoms with Crippen LogP contribution in [0.2, 0.25) is 0 Å². The van der Waals surface area contributed by atoms with E-state index in [1.807, 2.05) is 20.8 Å². The summed E-state index contributed by atoms with van der Waals surface area (Å²) in [6, 6.07) is -0.584. The molecule has 2 N–H and O–H groups in total. The van der Waals surface area contributed by atoms with E-state index in [1.165, 1.54) is 0 Å². The monoisotopic (exact) mass is 272 g/mol. The Kier molecular flexibility index (Phi) is 5.17. The number of carbonyl (C=O) groups is 2. The van der Waals surface area contributed by atoms with Gasteiger partial charge < -0.3 is 20.1 Å². The van der Waals surface area contributed by atoms with Crippen LogP contribution in [0.15, 0.2) is 0 Å². The molecule has 1 rings (SSSR count). The SMILES string of the molecule is CCC(C)N(CC)C(=O)NC1COCC1(C)C(=O)O. The molecule has 1 saturated heterocycles. The Balaban J connectivity index is 2.73. The molecule has 3 atom stereocenters. The van der Waals surface area contributed by atoms with Crippen LogP contribution < -0.4 is 5.32 Å². The zero-order valence-electron chi connectivity index (χ0n) is 12.1. The van der Waals surface area contributed by atoms with Crippen LogP contribution in [-0.4, -0.2) is 53.8 Å². The van der Waals surface area contributed by atoms with Crippen LogP contribution in [0.1, 0.15) is 34.1 Å². The quantitative estimate of drug-likeness (QED) is 0.791. The number of aliphatic carboxylic acids is 1. The molecule has 110 valence electrons. The molecule has 0 saturated carbocycles. The van der Waals surface area contributed by atoms with Gasteiger partial charge in [0.2, 0.25) is 0 Å². The summed E-state index contributed by atoms with van der Waals surface area (Å²) in [6.45, 7) is 8.47. The van der Waals surface area contributed by atoms with Gasteiger partial charge in [-0.05, 0) is 27.2 Å². The number of carboxylic acids is 1. The molecule has 1 fully saturated rings. The van der Waals surface area contributed by atoms with Crippen LogP contribution in [0.3, 0.4) is 0 Å². The highest BCUT2D eigenvalue weighted by Crippen LogP contribution is 2.28. The zero-order chi connectivity index (χ0) is 14.6. The normalized spacial score (nSPS) is 27.9. The van der Waals surface area contributed by atoms with Gasteiger partial charge in [0.1, 0.15) is 5.41 Å². The first-order valence-corrected chi connectivity index (χ1v) is 6.75. The third-order valence-electron chi connectivity index (χ3n) is 3.97. The minimum atomic E-state index is -1.05. The summed E-state index contributed by atoms with van der Waals surface area (Å²) in [5, 5.41) is 12.1. The summed E-state index contributed by atoms with van der Waals surface area (Å²) in [5.74, 6) is -0.943. The molecule has 1 heterocycles. The van der Waals surface area contributed by atoms with E-state index in [0.717, 1.165) is 6.42 Å². The van der Waals surface area contributed by atoms with E-state index in [0.29, 0.717) is 6.54 Å². The maximum absolute atomic E-state index is 12.2. The highest BCUT2D eigenvalue weighted by atomic mass is 16.5. The van der Waals surface area contributed by atoms with Gasteiger partial charge in [0.25, 0.3) is 0 Å². The van der Waals surface area contributed by atoms with E-state index >= 15 is 0 Å². The number of amides is 2. The summed E-state index contributed by atoms with van der Waals surface area (Å²) in [6.07, 6.45) is 0.860. The molecule has 3 unspecified atom stereocenters. The number of urea groups is 1. The lowest BCUT2D eigenvalue weighted by Gasteiger charge is -2.31. The summed E-state index contributed by atoms with van der Waals surface area (Å²) in [5.41, 5.74) is -1.05. The molecule has 0 spiro atoms. The van der Waals surface area contributed by atoms with Crippen molar-refractivity contribution in [3.05, 3.63) is 0 Å². The van der Waals surface area contributed by atoms with Crippen molar-refractivity contribution in [2.75, 3.05) is 19.8 Å². The standard InChI is InChI=1S/C13H24N2O4/c1-5-9(3)15(6-2)12(18)14-10-7-19-8-13(10,4)11(16)17/h9-10H,5-8H2,1-4H3,(H,14,18)(H,16,17). The third kappa shape index (κ3) is 3.18. The molecule has 0 aromatic rings. The number of ether oxygens (including phenoxy) is 1. The number of rotatable bonds is 5. The summed E-state index contributed by atoms with van der Waals surface area (Å²) < 4.78 is 5.22. The van der Waals surface area contributed by atoms with Crippen molar-refractivity contribution < 1.29 is 19.4 Å². The average Bonchev–Trinajstić information content (AvgIpc) is 2.73. The predicted octanol–water partition coefficient (Wildman–Crippen LogP) is 1.31. The molecule has 2 amide bonds. The third-order valence-corrected chi connectivity index (χ3v) is 3.97. The Morgan fingerprint density at radius 3 is 2.63 bits per heavy atom. The van der Waals surface area contributed by atoms with Crippen molar-refractivity contribution in [1.82, 2.24) is 10.2 Å². The first-order chi connectivity index (χ1) is 8.86. The molecule has 1 aliphatic rings. The van der Waals surface area contributed by atoms with Crippen LogP contribution in [-0.2, 0) is 9.53 Å². The van der Waals surface area contributed by atoms with E-state index < -0.39 is 17.4 Å². The highest BCUT2D eigenvalue weighted by molar-refractivity contribution is 5.79. The van der Waals surface area contributed by atoms with E-state index in [2.05, 4.69) is 5.32 Å². The van der Waals surface area contributed by atoms with Crippen LogP contribution in [0, 0.1) is 5.41 Å². The smallest absolute Gasteiger partial charge is 0.317 e. The number of hydrogen-bond acceptors (Lipinski definition) is 3. The second kappa shape index (κ2) is 6.23. The number of nitrogens with one attached hydrogen (secondary N) is 1. The lowest BCUT2D eigenvalue weighted by atomic mass is 9.85. The number of carboxylic acid groups (broad SMARTS) is 1. The molecule has 0 aromatic heterocycles. The lowest BCUT2D eigenvalue weighted by Crippen LogP contribution is -2.54. The predicted molar refractivity (Wildman–Crippen MR) is 71.0 cm³/mol. The van der Waals surface area contributed by atoms with Crippen LogP contribution in [0.4, 0.5) is 4.79 Å². The molecular weight excluding hydrogens is 248 g/mol. The van der Waals surface area contributed by atoms with Crippen molar-refractivity contribution in [3.8, 4) is 0 Å². The van der Waals surface area contributed by atoms with Gasteiger partial charge in [0, 0.05) is 12.6 Å². The Labute approximate surface area is 114 Å². The van der Waals surface area contributed by atoms with Crippen molar-refractivity contribution in [3.63, 3.8) is 0 Å². The Morgan fingerprint density at radius 1 is 1.53 bits per heavy atom. The van der Waals surface area contributed by atoms with Crippen LogP contribution >= 0.6 is 0 Å². The van der Waals surface area contributed by atoms with E-state index in [4.69, 9.17) is 4.74 Å². The van der Waals surface area contributed by atoms with Crippen molar-refractivity contribution in [1.29, 1.82) is 0 Å². The summed E-state index contributed by atoms with van der Waals surface area (Å²) in [7, 11) is 0. The van der Waals surface area contributed by atoms with Crippen LogP contribution in [0.25, 0.3) is 0 Å². The zero-order valence-corrected chi connectivity index (χ0v) is 12.1. The minimum absolute atomic E-state index is 0.128. The second-order valence-electron chi connectivity index (χ2n) is 5.28. The van der Waals surface area contributed by atoms with Gasteiger partial charge in [0.15, 0.2) is 0 Å². The number of carbonyl (C=O) groups excluding carboxylic acids is 1. The van der Waals surface area contributed by atoms with Crippen LogP contribution in [0.5, 0.6) is 0 Å². The number of hydrogen-bond donors (Lipinski definition) is 2. The maximum Gasteiger partial charge on any atom is 0.317 e. The van der Waals surface area contributed by atoms with E-state index in [-0.39, 0.29) is 25.3 Å². The highest BCUT2D eigenvalue weighted by Gasteiger charge is 2.47. The minimum Gasteiger partial charge on any atom is -0.481 e. The first-order valence-electron chi connectivity index (χ1n) is 6.75. The van der Waals surface area contributed by atoms with Gasteiger partial charge in [-0.1, -0.05) is 6.92 Å². The fourth-order valence-electron chi connectivity index (χ4n) is 2.19. The average molecular weight is 272 g/mol. The second-order valence-corrected chi connectivity index (χ2v) is 5.28. The van der Waals surface area contributed by atoms with Gasteiger partial charge in [-0.3, -0.25) is 4.79 Å². The molecule has 6 heteroatoms. The van der Waals surface area contributed by atoms with Gasteiger partial charge in [0.05, 0.1) is 19.3 Å². The van der Waals surface area contributed by atoms with E-state index in [9.17, 15) is 14.7 Å². The molecule has 1 aliphatic heterocycles. The molecule has 0 aromatic carbocycles. The summed E-state index contributed by atoms with van der Waals surface area (Å²) >= 11 is 0. The number of nitrogens with zero attached hydrogens (tertiary/aromatic N) is 1. The van der Waals surface area contributed by atoms with Crippen molar-refractivity contribution >= 4 is 12.0 Å². The molecule has 19 heavy (non-hydrogen) atoms. The molecule has 6 nitrogen and oxygen atoms in total. The molecule has 0 radical (unpaired) electrons. The van der Waals surface area contributed by atoms with Crippen molar-refractivity contribution in [2.45, 2.75) is 46.2 Å². The van der Waals surface area contributed by atoms with E-state index in [1.54, 1.807) is 11.8 Å². The maximum atomic E-state index is 12.2. The molecule has 0 aliphatic carbocycles.